The summed E-state index contributed by atoms with van der Waals surface area (Å²) in [5.74, 6) is 1.46. The summed E-state index contributed by atoms with van der Waals surface area (Å²) in [4.78, 5) is 14.1. The number of hydrogen-bond acceptors (Lipinski definition) is 2. The molecule has 0 aromatic heterocycles. The second-order valence-electron chi connectivity index (χ2n) is 5.33. The Morgan fingerprint density at radius 2 is 1.88 bits per heavy atom. The third kappa shape index (κ3) is 5.26. The Balaban J connectivity index is 0.00000256. The summed E-state index contributed by atoms with van der Waals surface area (Å²) >= 11 is 0. The largest absolute Gasteiger partial charge is 0.343 e. The van der Waals surface area contributed by atoms with Crippen molar-refractivity contribution in [3.63, 3.8) is 0 Å². The van der Waals surface area contributed by atoms with Crippen LogP contribution in [0.4, 0.5) is 0 Å². The second-order valence-corrected chi connectivity index (χ2v) is 5.33. The Morgan fingerprint density at radius 1 is 1.35 bits per heavy atom. The van der Waals surface area contributed by atoms with Gasteiger partial charge in [0, 0.05) is 25.6 Å². The molecule has 1 aliphatic rings. The minimum Gasteiger partial charge on any atom is -0.343 e. The van der Waals surface area contributed by atoms with Gasteiger partial charge in [0.05, 0.1) is 0 Å². The maximum Gasteiger partial charge on any atom is 0.222 e. The summed E-state index contributed by atoms with van der Waals surface area (Å²) < 4.78 is 0. The molecule has 1 fully saturated rings. The zero-order chi connectivity index (χ0) is 12.1. The molecule has 102 valence electrons. The molecule has 1 atom stereocenters. The lowest BCUT2D eigenvalue weighted by molar-refractivity contribution is -0.133. The van der Waals surface area contributed by atoms with E-state index in [0.29, 0.717) is 30.2 Å². The molecule has 17 heavy (non-hydrogen) atoms. The molecule has 0 aliphatic carbocycles. The number of piperidine rings is 1. The molecule has 1 unspecified atom stereocenters. The SMILES string of the molecule is CCC(CC(=O)N1CCC(N)CC1)C(C)C.Cl. The summed E-state index contributed by atoms with van der Waals surface area (Å²) in [6, 6.07) is 0.302. The van der Waals surface area contributed by atoms with Crippen LogP contribution in [0, 0.1) is 11.8 Å². The van der Waals surface area contributed by atoms with Crippen molar-refractivity contribution >= 4 is 18.3 Å². The molecule has 2 N–H and O–H groups in total. The summed E-state index contributed by atoms with van der Waals surface area (Å²) in [5.41, 5.74) is 5.83. The van der Waals surface area contributed by atoms with Gasteiger partial charge in [-0.1, -0.05) is 27.2 Å². The third-order valence-electron chi connectivity index (χ3n) is 3.80. The van der Waals surface area contributed by atoms with Crippen LogP contribution in [0.1, 0.15) is 46.5 Å². The van der Waals surface area contributed by atoms with E-state index in [1.165, 1.54) is 0 Å². The molecule has 4 heteroatoms. The van der Waals surface area contributed by atoms with Gasteiger partial charge >= 0.3 is 0 Å². The lowest BCUT2D eigenvalue weighted by atomic mass is 9.89. The molecule has 0 bridgehead atoms. The van der Waals surface area contributed by atoms with E-state index in [2.05, 4.69) is 20.8 Å². The molecule has 1 rings (SSSR count). The van der Waals surface area contributed by atoms with E-state index in [9.17, 15) is 4.79 Å². The Kier molecular flexibility index (Phi) is 7.80. The van der Waals surface area contributed by atoms with Crippen LogP contribution in [-0.4, -0.2) is 29.9 Å². The molecule has 1 amide bonds. The normalized spacial score (nSPS) is 19.0. The highest BCUT2D eigenvalue weighted by Crippen LogP contribution is 2.21. The van der Waals surface area contributed by atoms with Crippen molar-refractivity contribution < 1.29 is 4.79 Å². The molecule has 1 aliphatic heterocycles. The summed E-state index contributed by atoms with van der Waals surface area (Å²) in [7, 11) is 0. The van der Waals surface area contributed by atoms with E-state index in [4.69, 9.17) is 5.73 Å². The Morgan fingerprint density at radius 3 is 2.29 bits per heavy atom. The van der Waals surface area contributed by atoms with Gasteiger partial charge in [0.25, 0.3) is 0 Å². The zero-order valence-corrected chi connectivity index (χ0v) is 12.1. The van der Waals surface area contributed by atoms with Crippen LogP contribution in [0.25, 0.3) is 0 Å². The number of rotatable bonds is 4. The number of nitrogens with zero attached hydrogens (tertiary/aromatic N) is 1. The zero-order valence-electron chi connectivity index (χ0n) is 11.3. The van der Waals surface area contributed by atoms with Crippen molar-refractivity contribution in [2.45, 2.75) is 52.5 Å². The van der Waals surface area contributed by atoms with Crippen LogP contribution in [0.2, 0.25) is 0 Å². The maximum atomic E-state index is 12.1. The first kappa shape index (κ1) is 16.7. The van der Waals surface area contributed by atoms with Gasteiger partial charge in [-0.3, -0.25) is 4.79 Å². The highest BCUT2D eigenvalue weighted by atomic mass is 35.5. The highest BCUT2D eigenvalue weighted by Gasteiger charge is 2.23. The van der Waals surface area contributed by atoms with Crippen LogP contribution in [0.5, 0.6) is 0 Å². The molecule has 1 saturated heterocycles. The van der Waals surface area contributed by atoms with E-state index in [1.54, 1.807) is 0 Å². The van der Waals surface area contributed by atoms with Crippen LogP contribution in [0.15, 0.2) is 0 Å². The molecule has 0 aromatic carbocycles. The average Bonchev–Trinajstić information content (AvgIpc) is 2.26. The predicted octanol–water partition coefficient (Wildman–Crippen LogP) is 2.43. The lowest BCUT2D eigenvalue weighted by Gasteiger charge is -2.31. The monoisotopic (exact) mass is 262 g/mol. The molecular formula is C13H27ClN2O. The van der Waals surface area contributed by atoms with Gasteiger partial charge in [-0.15, -0.1) is 12.4 Å². The number of likely N-dealkylation sites (tertiary alicyclic amines) is 1. The minimum absolute atomic E-state index is 0. The summed E-state index contributed by atoms with van der Waals surface area (Å²) in [6.45, 7) is 8.29. The average molecular weight is 263 g/mol. The molecule has 0 spiro atoms. The fourth-order valence-electron chi connectivity index (χ4n) is 2.35. The van der Waals surface area contributed by atoms with E-state index in [1.807, 2.05) is 4.90 Å². The highest BCUT2D eigenvalue weighted by molar-refractivity contribution is 5.85. The number of carbonyl (C=O) groups is 1. The van der Waals surface area contributed by atoms with Gasteiger partial charge in [0.1, 0.15) is 0 Å². The van der Waals surface area contributed by atoms with Gasteiger partial charge in [0.15, 0.2) is 0 Å². The van der Waals surface area contributed by atoms with Gasteiger partial charge in [-0.2, -0.15) is 0 Å². The topological polar surface area (TPSA) is 46.3 Å². The fourth-order valence-corrected chi connectivity index (χ4v) is 2.35. The number of nitrogens with two attached hydrogens (primary N) is 1. The number of amides is 1. The first-order valence-corrected chi connectivity index (χ1v) is 6.58. The number of hydrogen-bond donors (Lipinski definition) is 1. The minimum atomic E-state index is 0. The van der Waals surface area contributed by atoms with Gasteiger partial charge in [-0.25, -0.2) is 0 Å². The quantitative estimate of drug-likeness (QED) is 0.846. The van der Waals surface area contributed by atoms with Crippen LogP contribution < -0.4 is 5.73 Å². The number of halogens is 1. The molecule has 0 saturated carbocycles. The van der Waals surface area contributed by atoms with E-state index < -0.39 is 0 Å². The molecule has 0 aromatic rings. The Hall–Kier alpha value is -0.280. The molecule has 1 heterocycles. The van der Waals surface area contributed by atoms with Crippen molar-refractivity contribution in [3.8, 4) is 0 Å². The van der Waals surface area contributed by atoms with Crippen LogP contribution in [0.3, 0.4) is 0 Å². The van der Waals surface area contributed by atoms with E-state index in [0.717, 1.165) is 32.4 Å². The van der Waals surface area contributed by atoms with E-state index >= 15 is 0 Å². The smallest absolute Gasteiger partial charge is 0.222 e. The predicted molar refractivity (Wildman–Crippen MR) is 74.3 cm³/mol. The second kappa shape index (κ2) is 7.93. The Labute approximate surface area is 112 Å². The van der Waals surface area contributed by atoms with E-state index in [-0.39, 0.29) is 12.4 Å². The van der Waals surface area contributed by atoms with Crippen molar-refractivity contribution in [2.24, 2.45) is 17.6 Å². The van der Waals surface area contributed by atoms with Crippen molar-refractivity contribution in [3.05, 3.63) is 0 Å². The molecule has 3 nitrogen and oxygen atoms in total. The standard InChI is InChI=1S/C13H26N2O.ClH/c1-4-11(10(2)3)9-13(16)15-7-5-12(14)6-8-15;/h10-12H,4-9,14H2,1-3H3;1H. The molecule has 0 radical (unpaired) electrons. The van der Waals surface area contributed by atoms with Gasteiger partial charge in [-0.05, 0) is 24.7 Å². The lowest BCUT2D eigenvalue weighted by Crippen LogP contribution is -2.43. The molecular weight excluding hydrogens is 236 g/mol. The first-order chi connectivity index (χ1) is 7.54. The Bertz CT molecular complexity index is 225. The van der Waals surface area contributed by atoms with Crippen molar-refractivity contribution in [2.75, 3.05) is 13.1 Å². The maximum absolute atomic E-state index is 12.1. The summed E-state index contributed by atoms with van der Waals surface area (Å²) in [5, 5.41) is 0. The number of carbonyl (C=O) groups excluding carboxylic acids is 1. The fraction of sp³-hybridized carbons (Fsp3) is 0.923. The van der Waals surface area contributed by atoms with Gasteiger partial charge < -0.3 is 10.6 Å². The summed E-state index contributed by atoms with van der Waals surface area (Å²) in [6.07, 6.45) is 3.73. The first-order valence-electron chi connectivity index (χ1n) is 6.58. The van der Waals surface area contributed by atoms with Crippen molar-refractivity contribution in [1.29, 1.82) is 0 Å². The van der Waals surface area contributed by atoms with Crippen molar-refractivity contribution in [1.82, 2.24) is 4.90 Å². The third-order valence-corrected chi connectivity index (χ3v) is 3.80. The van der Waals surface area contributed by atoms with Gasteiger partial charge in [0.2, 0.25) is 5.91 Å². The van der Waals surface area contributed by atoms with Crippen LogP contribution in [-0.2, 0) is 4.79 Å². The van der Waals surface area contributed by atoms with Crippen LogP contribution >= 0.6 is 12.4 Å².